The number of pyridine rings is 1. The number of alkyl halides is 5. The van der Waals surface area contributed by atoms with Crippen molar-refractivity contribution in [3.63, 3.8) is 0 Å². The summed E-state index contributed by atoms with van der Waals surface area (Å²) in [5, 5.41) is 2.57. The number of halogens is 6. The normalized spacial score (nSPS) is 25.6. The molecule has 8 nitrogen and oxygen atoms in total. The molecule has 35 heavy (non-hydrogen) atoms. The number of fused-ring (bicyclic) bond motifs is 1. The van der Waals surface area contributed by atoms with E-state index in [4.69, 9.17) is 5.73 Å². The average molecular weight is 520 g/mol. The van der Waals surface area contributed by atoms with Crippen LogP contribution in [-0.2, 0) is 5.54 Å². The van der Waals surface area contributed by atoms with E-state index in [9.17, 15) is 31.1 Å². The average Bonchev–Trinajstić information content (AvgIpc) is 3.55. The molecule has 2 aliphatic rings. The quantitative estimate of drug-likeness (QED) is 0.404. The summed E-state index contributed by atoms with van der Waals surface area (Å²) in [4.78, 5) is 27.8. The molecule has 1 amide bonds. The van der Waals surface area contributed by atoms with Gasteiger partial charge in [-0.2, -0.15) is 13.2 Å². The lowest BCUT2D eigenvalue weighted by atomic mass is 9.86. The number of hydrogen-bond acceptors (Lipinski definition) is 8. The minimum atomic E-state index is -4.38. The van der Waals surface area contributed by atoms with Crippen molar-refractivity contribution in [2.75, 3.05) is 18.6 Å². The lowest BCUT2D eigenvalue weighted by Crippen LogP contribution is -2.37. The first-order valence-corrected chi connectivity index (χ1v) is 10.9. The zero-order valence-corrected chi connectivity index (χ0v) is 18.8. The molecule has 4 rings (SSSR count). The number of hydrogen-bond donors (Lipinski definition) is 2. The summed E-state index contributed by atoms with van der Waals surface area (Å²) in [5.41, 5.74) is 4.50. The molecule has 1 aliphatic heterocycles. The lowest BCUT2D eigenvalue weighted by Gasteiger charge is -2.33. The molecule has 1 aliphatic carbocycles. The van der Waals surface area contributed by atoms with Crippen LogP contribution in [0.4, 0.5) is 32.0 Å². The van der Waals surface area contributed by atoms with Crippen molar-refractivity contribution in [3.05, 3.63) is 41.9 Å². The second-order valence-electron chi connectivity index (χ2n) is 8.26. The molecule has 3 N–H and O–H groups in total. The van der Waals surface area contributed by atoms with E-state index in [1.54, 1.807) is 6.92 Å². The van der Waals surface area contributed by atoms with E-state index in [1.807, 2.05) is 0 Å². The number of aromatic nitrogens is 3. The Morgan fingerprint density at radius 3 is 2.69 bits per heavy atom. The van der Waals surface area contributed by atoms with Crippen LogP contribution in [0.1, 0.15) is 29.4 Å². The summed E-state index contributed by atoms with van der Waals surface area (Å²) in [6.45, 7) is -0.656. The SMILES string of the molecule is C[C@]1(c2cc(NC(=O)c3cnc(OCC(F)(F)C(F)F)cn3)cnc2F)N=C(N)S[C@@]2(CF)C[C@H]21. The van der Waals surface area contributed by atoms with Crippen molar-refractivity contribution in [3.8, 4) is 5.88 Å². The third-order valence-corrected chi connectivity index (χ3v) is 7.08. The number of carbonyl (C=O) groups is 1. The smallest absolute Gasteiger partial charge is 0.340 e. The van der Waals surface area contributed by atoms with E-state index in [-0.39, 0.29) is 28.0 Å². The molecule has 1 fully saturated rings. The lowest BCUT2D eigenvalue weighted by molar-refractivity contribution is -0.148. The Balaban J connectivity index is 1.48. The monoisotopic (exact) mass is 520 g/mol. The zero-order valence-electron chi connectivity index (χ0n) is 17.9. The van der Waals surface area contributed by atoms with Crippen LogP contribution in [0, 0.1) is 11.9 Å². The minimum absolute atomic E-state index is 0.0219. The predicted octanol–water partition coefficient (Wildman–Crippen LogP) is 3.55. The van der Waals surface area contributed by atoms with Gasteiger partial charge in [-0.3, -0.25) is 9.79 Å². The second-order valence-corrected chi connectivity index (χ2v) is 9.70. The van der Waals surface area contributed by atoms with Crippen LogP contribution in [0.3, 0.4) is 0 Å². The summed E-state index contributed by atoms with van der Waals surface area (Å²) in [6.07, 6.45) is -0.727. The molecule has 0 spiro atoms. The number of anilines is 1. The first kappa shape index (κ1) is 25.0. The summed E-state index contributed by atoms with van der Waals surface area (Å²) in [6, 6.07) is 1.31. The molecule has 0 aromatic carbocycles. The van der Waals surface area contributed by atoms with Crippen molar-refractivity contribution >= 4 is 28.5 Å². The Morgan fingerprint density at radius 2 is 2.06 bits per heavy atom. The third kappa shape index (κ3) is 4.73. The number of amidine groups is 1. The number of nitrogens with one attached hydrogen (secondary N) is 1. The van der Waals surface area contributed by atoms with Crippen molar-refractivity contribution in [1.82, 2.24) is 15.0 Å². The number of ether oxygens (including phenoxy) is 1. The van der Waals surface area contributed by atoms with Crippen molar-refractivity contribution in [2.45, 2.75) is 36.0 Å². The van der Waals surface area contributed by atoms with Gasteiger partial charge in [-0.05, 0) is 19.4 Å². The first-order chi connectivity index (χ1) is 16.4. The van der Waals surface area contributed by atoms with E-state index in [2.05, 4.69) is 30.0 Å². The zero-order chi connectivity index (χ0) is 25.6. The minimum Gasteiger partial charge on any atom is -0.470 e. The third-order valence-electron chi connectivity index (χ3n) is 5.81. The molecule has 1 saturated carbocycles. The van der Waals surface area contributed by atoms with Crippen LogP contribution in [0.5, 0.6) is 5.88 Å². The molecule has 3 heterocycles. The van der Waals surface area contributed by atoms with Crippen LogP contribution in [-0.4, -0.2) is 56.4 Å². The van der Waals surface area contributed by atoms with Crippen molar-refractivity contribution in [1.29, 1.82) is 0 Å². The van der Waals surface area contributed by atoms with Gasteiger partial charge in [-0.25, -0.2) is 28.1 Å². The number of amides is 1. The summed E-state index contributed by atoms with van der Waals surface area (Å²) >= 11 is 1.12. The van der Waals surface area contributed by atoms with E-state index >= 15 is 0 Å². The van der Waals surface area contributed by atoms with Crippen LogP contribution in [0.2, 0.25) is 0 Å². The topological polar surface area (TPSA) is 115 Å². The Labute approximate surface area is 198 Å². The Bertz CT molecular complexity index is 1170. The molecule has 15 heteroatoms. The number of aliphatic imine (C=N–C) groups is 1. The predicted molar refractivity (Wildman–Crippen MR) is 114 cm³/mol. The van der Waals surface area contributed by atoms with Gasteiger partial charge < -0.3 is 15.8 Å². The molecule has 0 bridgehead atoms. The molecule has 0 unspecified atom stereocenters. The van der Waals surface area contributed by atoms with Gasteiger partial charge in [-0.1, -0.05) is 11.8 Å². The highest BCUT2D eigenvalue weighted by Crippen LogP contribution is 2.66. The highest BCUT2D eigenvalue weighted by Gasteiger charge is 2.67. The number of nitrogens with two attached hydrogens (primary N) is 1. The Kier molecular flexibility index (Phi) is 6.32. The highest BCUT2D eigenvalue weighted by molar-refractivity contribution is 8.15. The van der Waals surface area contributed by atoms with Crippen molar-refractivity contribution < 1.29 is 35.9 Å². The molecule has 0 saturated heterocycles. The van der Waals surface area contributed by atoms with E-state index in [0.717, 1.165) is 30.4 Å². The van der Waals surface area contributed by atoms with Gasteiger partial charge in [0.25, 0.3) is 5.91 Å². The standard InChI is InChI=1S/C20H18F6N6O2S/c1-18(12-3-19(12,7-21)35-17(27)32-18)10-2-9(4-30-14(10)22)31-15(33)11-5-29-13(6-28-11)34-8-20(25,26)16(23)24/h2,4-6,12,16H,3,7-8H2,1H3,(H2,27,32)(H,31,33)/t12-,18+,19+/m0/s1. The van der Waals surface area contributed by atoms with Gasteiger partial charge in [0.05, 0.1) is 34.6 Å². The number of nitrogens with zero attached hydrogens (tertiary/aromatic N) is 4. The van der Waals surface area contributed by atoms with Gasteiger partial charge in [0, 0.05) is 11.5 Å². The summed E-state index contributed by atoms with van der Waals surface area (Å²) in [7, 11) is 0. The van der Waals surface area contributed by atoms with Crippen LogP contribution >= 0.6 is 11.8 Å². The fourth-order valence-corrected chi connectivity index (χ4v) is 5.21. The molecule has 0 radical (unpaired) electrons. The van der Waals surface area contributed by atoms with E-state index < -0.39 is 53.7 Å². The number of thioether (sulfide) groups is 1. The maximum absolute atomic E-state index is 14.7. The fraction of sp³-hybridized carbons (Fsp3) is 0.450. The highest BCUT2D eigenvalue weighted by atomic mass is 32.2. The van der Waals surface area contributed by atoms with Gasteiger partial charge in [0.15, 0.2) is 11.8 Å². The first-order valence-electron chi connectivity index (χ1n) is 10.1. The second kappa shape index (κ2) is 8.84. The molecule has 3 atom stereocenters. The molecular formula is C20H18F6N6O2S. The molecular weight excluding hydrogens is 502 g/mol. The van der Waals surface area contributed by atoms with Crippen LogP contribution in [0.25, 0.3) is 0 Å². The van der Waals surface area contributed by atoms with Gasteiger partial charge >= 0.3 is 12.3 Å². The fourth-order valence-electron chi connectivity index (χ4n) is 3.88. The molecule has 2 aromatic rings. The summed E-state index contributed by atoms with van der Waals surface area (Å²) < 4.78 is 82.3. The molecule has 188 valence electrons. The van der Waals surface area contributed by atoms with Gasteiger partial charge in [0.2, 0.25) is 11.8 Å². The van der Waals surface area contributed by atoms with Crippen LogP contribution < -0.4 is 15.8 Å². The number of rotatable bonds is 8. The number of carbonyl (C=O) groups excluding carboxylic acids is 1. The maximum atomic E-state index is 14.7. The largest absolute Gasteiger partial charge is 0.470 e. The van der Waals surface area contributed by atoms with E-state index in [1.165, 1.54) is 6.07 Å². The molecule has 2 aromatic heterocycles. The van der Waals surface area contributed by atoms with E-state index in [0.29, 0.717) is 6.42 Å². The van der Waals surface area contributed by atoms with Gasteiger partial charge in [-0.15, -0.1) is 0 Å². The van der Waals surface area contributed by atoms with Gasteiger partial charge in [0.1, 0.15) is 12.4 Å². The Hall–Kier alpha value is -3.10. The summed E-state index contributed by atoms with van der Waals surface area (Å²) in [5.74, 6) is -6.85. The van der Waals surface area contributed by atoms with Crippen molar-refractivity contribution in [2.24, 2.45) is 16.6 Å². The van der Waals surface area contributed by atoms with Crippen LogP contribution in [0.15, 0.2) is 29.6 Å². The Morgan fingerprint density at radius 1 is 1.31 bits per heavy atom. The maximum Gasteiger partial charge on any atom is 0.340 e.